The average Bonchev–Trinajstić information content (AvgIpc) is 3.59. The summed E-state index contributed by atoms with van der Waals surface area (Å²) in [6.07, 6.45) is 3.90. The number of aromatic nitrogens is 4. The third kappa shape index (κ3) is 6.70. The van der Waals surface area contributed by atoms with Gasteiger partial charge >= 0.3 is 0 Å². The number of ketones is 1. The number of hydrogen-bond donors (Lipinski definition) is 0. The van der Waals surface area contributed by atoms with Crippen LogP contribution in [0.5, 0.6) is 0 Å². The number of hydroxylamine groups is 2. The van der Waals surface area contributed by atoms with Gasteiger partial charge in [-0.15, -0.1) is 0 Å². The lowest BCUT2D eigenvalue weighted by molar-refractivity contribution is -0.155. The van der Waals surface area contributed by atoms with Gasteiger partial charge in [0, 0.05) is 89.0 Å². The lowest BCUT2D eigenvalue weighted by Gasteiger charge is -2.27. The average molecular weight is 613 g/mol. The maximum Gasteiger partial charge on any atom is 0.219 e. The first kappa shape index (κ1) is 30.7. The molecule has 0 spiro atoms. The monoisotopic (exact) mass is 612 g/mol. The van der Waals surface area contributed by atoms with Crippen molar-refractivity contribution in [1.82, 2.24) is 29.7 Å². The van der Waals surface area contributed by atoms with E-state index in [0.29, 0.717) is 44.8 Å². The van der Waals surface area contributed by atoms with Gasteiger partial charge in [-0.25, -0.2) is 9.67 Å². The molecule has 1 aromatic carbocycles. The number of Topliss-reactive ketones (excluding diaryl/α,β-unsaturated/α-hetero) is 1. The standard InChI is InChI=1S/C34H37FN6O4/c1-22-31(18-29(43)16-27-21-40(13-14-44-3)45-34(27)24-9-11-36-32(35)17-24)41(28-7-5-4-6-8-28)38-33(22)25-15-26-20-39(23(2)42)12-10-30(26)37-19-25/h4-9,11,15,17,19,27,34H,10,12-14,16,18,20-21H2,1-3H3/t27-,34+/m1/s1. The van der Waals surface area contributed by atoms with Crippen LogP contribution in [0, 0.1) is 18.8 Å². The van der Waals surface area contributed by atoms with E-state index < -0.39 is 12.1 Å². The number of hydrogen-bond acceptors (Lipinski definition) is 8. The van der Waals surface area contributed by atoms with Gasteiger partial charge < -0.3 is 9.64 Å². The highest BCUT2D eigenvalue weighted by Crippen LogP contribution is 2.37. The highest BCUT2D eigenvalue weighted by atomic mass is 19.1. The van der Waals surface area contributed by atoms with Gasteiger partial charge in [-0.2, -0.15) is 14.6 Å². The summed E-state index contributed by atoms with van der Waals surface area (Å²) in [6, 6.07) is 14.9. The summed E-state index contributed by atoms with van der Waals surface area (Å²) in [5, 5.41) is 6.79. The molecule has 11 heteroatoms. The third-order valence-corrected chi connectivity index (χ3v) is 8.61. The maximum atomic E-state index is 14.0. The van der Waals surface area contributed by atoms with Crippen LogP contribution in [0.2, 0.25) is 0 Å². The molecule has 0 bridgehead atoms. The SMILES string of the molecule is COCCN1C[C@@H](CC(=O)Cc2c(C)c(-c3cnc4c(c3)CN(C(C)=O)CC4)nn2-c2ccccc2)[C@H](c2ccnc(F)c2)O1. The lowest BCUT2D eigenvalue weighted by Crippen LogP contribution is -2.34. The highest BCUT2D eigenvalue weighted by Gasteiger charge is 2.37. The second-order valence-electron chi connectivity index (χ2n) is 11.7. The molecule has 1 fully saturated rings. The van der Waals surface area contributed by atoms with Crippen LogP contribution in [0.1, 0.15) is 47.5 Å². The molecule has 2 aliphatic heterocycles. The Kier molecular flexibility index (Phi) is 9.11. The first-order chi connectivity index (χ1) is 21.8. The van der Waals surface area contributed by atoms with Crippen molar-refractivity contribution in [3.05, 3.63) is 95.0 Å². The number of rotatable bonds is 10. The van der Waals surface area contributed by atoms with Crippen molar-refractivity contribution < 1.29 is 23.6 Å². The van der Waals surface area contributed by atoms with E-state index in [1.165, 1.54) is 12.3 Å². The zero-order valence-corrected chi connectivity index (χ0v) is 25.8. The summed E-state index contributed by atoms with van der Waals surface area (Å²) in [7, 11) is 1.63. The number of carbonyl (C=O) groups is 2. The molecule has 0 unspecified atom stereocenters. The summed E-state index contributed by atoms with van der Waals surface area (Å²) in [5.74, 6) is -0.693. The van der Waals surface area contributed by atoms with Gasteiger partial charge in [0.25, 0.3) is 0 Å². The van der Waals surface area contributed by atoms with Crippen LogP contribution < -0.4 is 0 Å². The Balaban J connectivity index is 1.29. The molecule has 1 saturated heterocycles. The molecular weight excluding hydrogens is 575 g/mol. The summed E-state index contributed by atoms with van der Waals surface area (Å²) in [5.41, 5.74) is 6.79. The number of fused-ring (bicyclic) bond motifs is 1. The number of para-hydroxylation sites is 1. The van der Waals surface area contributed by atoms with Crippen LogP contribution in [-0.2, 0) is 38.5 Å². The van der Waals surface area contributed by atoms with Gasteiger partial charge in [0.05, 0.1) is 23.7 Å². The van der Waals surface area contributed by atoms with Crippen LogP contribution in [0.3, 0.4) is 0 Å². The molecule has 10 nitrogen and oxygen atoms in total. The van der Waals surface area contributed by atoms with Crippen molar-refractivity contribution in [1.29, 1.82) is 0 Å². The minimum atomic E-state index is -0.586. The molecule has 2 atom stereocenters. The summed E-state index contributed by atoms with van der Waals surface area (Å²) < 4.78 is 21.1. The predicted molar refractivity (Wildman–Crippen MR) is 165 cm³/mol. The summed E-state index contributed by atoms with van der Waals surface area (Å²) in [6.45, 7) is 6.28. The van der Waals surface area contributed by atoms with E-state index in [4.69, 9.17) is 19.7 Å². The van der Waals surface area contributed by atoms with Gasteiger partial charge in [-0.3, -0.25) is 19.4 Å². The predicted octanol–water partition coefficient (Wildman–Crippen LogP) is 4.43. The molecule has 0 radical (unpaired) electrons. The molecule has 45 heavy (non-hydrogen) atoms. The first-order valence-electron chi connectivity index (χ1n) is 15.2. The van der Waals surface area contributed by atoms with Gasteiger partial charge in [-0.05, 0) is 53.9 Å². The van der Waals surface area contributed by atoms with Crippen LogP contribution in [0.25, 0.3) is 16.9 Å². The summed E-state index contributed by atoms with van der Waals surface area (Å²) in [4.78, 5) is 42.3. The minimum absolute atomic E-state index is 0.0316. The van der Waals surface area contributed by atoms with Crippen molar-refractivity contribution in [2.75, 3.05) is 33.4 Å². The molecule has 234 valence electrons. The van der Waals surface area contributed by atoms with Crippen molar-refractivity contribution in [3.63, 3.8) is 0 Å². The number of nitrogens with zero attached hydrogens (tertiary/aromatic N) is 6. The number of benzene rings is 1. The second kappa shape index (κ2) is 13.4. The fourth-order valence-corrected chi connectivity index (χ4v) is 6.25. The Morgan fingerprint density at radius 3 is 2.71 bits per heavy atom. The minimum Gasteiger partial charge on any atom is -0.383 e. The Hall–Kier alpha value is -4.32. The smallest absolute Gasteiger partial charge is 0.219 e. The fourth-order valence-electron chi connectivity index (χ4n) is 6.25. The zero-order valence-electron chi connectivity index (χ0n) is 25.8. The number of pyridine rings is 2. The van der Waals surface area contributed by atoms with Crippen LogP contribution >= 0.6 is 0 Å². The van der Waals surface area contributed by atoms with Crippen molar-refractivity contribution in [3.8, 4) is 16.9 Å². The first-order valence-corrected chi connectivity index (χ1v) is 15.2. The van der Waals surface area contributed by atoms with Crippen LogP contribution in [-0.4, -0.2) is 74.8 Å². The van der Waals surface area contributed by atoms with Gasteiger partial charge in [0.2, 0.25) is 11.9 Å². The fraction of sp³-hybridized carbons (Fsp3) is 0.382. The number of halogens is 1. The lowest BCUT2D eigenvalue weighted by atomic mass is 9.90. The molecule has 0 saturated carbocycles. The number of carbonyl (C=O) groups excluding carboxylic acids is 2. The Morgan fingerprint density at radius 1 is 1.13 bits per heavy atom. The number of ether oxygens (including phenoxy) is 1. The topological polar surface area (TPSA) is 103 Å². The maximum absolute atomic E-state index is 14.0. The van der Waals surface area contributed by atoms with Crippen molar-refractivity contribution in [2.45, 2.75) is 45.8 Å². The molecule has 2 aliphatic rings. The highest BCUT2D eigenvalue weighted by molar-refractivity contribution is 5.82. The second-order valence-corrected chi connectivity index (χ2v) is 11.7. The molecule has 3 aromatic heterocycles. The molecule has 6 rings (SSSR count). The molecule has 4 aromatic rings. The molecular formula is C34H37FN6O4. The van der Waals surface area contributed by atoms with Gasteiger partial charge in [-0.1, -0.05) is 18.2 Å². The van der Waals surface area contributed by atoms with Crippen LogP contribution in [0.4, 0.5) is 4.39 Å². The Morgan fingerprint density at radius 2 is 1.96 bits per heavy atom. The Labute approximate surface area is 261 Å². The van der Waals surface area contributed by atoms with E-state index >= 15 is 0 Å². The molecule has 5 heterocycles. The van der Waals surface area contributed by atoms with Crippen LogP contribution in [0.15, 0.2) is 60.9 Å². The van der Waals surface area contributed by atoms with E-state index in [9.17, 15) is 14.0 Å². The van der Waals surface area contributed by atoms with Crippen molar-refractivity contribution >= 4 is 11.7 Å². The van der Waals surface area contributed by atoms with Gasteiger partial charge in [0.1, 0.15) is 11.9 Å². The van der Waals surface area contributed by atoms with Crippen molar-refractivity contribution in [2.24, 2.45) is 5.92 Å². The quantitative estimate of drug-likeness (QED) is 0.243. The van der Waals surface area contributed by atoms with Gasteiger partial charge in [0.15, 0.2) is 0 Å². The van der Waals surface area contributed by atoms with E-state index in [0.717, 1.165) is 39.5 Å². The summed E-state index contributed by atoms with van der Waals surface area (Å²) >= 11 is 0. The zero-order chi connectivity index (χ0) is 31.5. The largest absolute Gasteiger partial charge is 0.383 e. The van der Waals surface area contributed by atoms with E-state index in [2.05, 4.69) is 11.1 Å². The molecule has 0 N–H and O–H groups in total. The van der Waals surface area contributed by atoms with E-state index in [1.807, 2.05) is 53.0 Å². The van der Waals surface area contributed by atoms with E-state index in [1.54, 1.807) is 25.2 Å². The third-order valence-electron chi connectivity index (χ3n) is 8.61. The van der Waals surface area contributed by atoms with E-state index in [-0.39, 0.29) is 30.4 Å². The Bertz CT molecular complexity index is 1690. The molecule has 1 amide bonds. The normalized spacial score (nSPS) is 18.3. The number of methoxy groups -OCH3 is 1. The number of amides is 1. The molecule has 0 aliphatic carbocycles.